The number of nitrogens with two attached hydrogens (primary N) is 1. The van der Waals surface area contributed by atoms with Gasteiger partial charge >= 0.3 is 0 Å². The van der Waals surface area contributed by atoms with Gasteiger partial charge in [-0.25, -0.2) is 0 Å². The first-order valence-corrected chi connectivity index (χ1v) is 6.04. The Labute approximate surface area is 93.0 Å². The van der Waals surface area contributed by atoms with Crippen molar-refractivity contribution in [2.75, 3.05) is 13.1 Å². The predicted octanol–water partition coefficient (Wildman–Crippen LogP) is 1.76. The topological polar surface area (TPSA) is 46.3 Å². The minimum absolute atomic E-state index is 0.0346. The summed E-state index contributed by atoms with van der Waals surface area (Å²) in [5, 5.41) is 0. The second kappa shape index (κ2) is 4.97. The fraction of sp³-hybridized carbons (Fsp3) is 0.917. The van der Waals surface area contributed by atoms with Crippen molar-refractivity contribution in [1.82, 2.24) is 4.90 Å². The molecule has 1 fully saturated rings. The van der Waals surface area contributed by atoms with Crippen LogP contribution in [0, 0.1) is 5.92 Å². The number of hydrogen-bond donors (Lipinski definition) is 1. The van der Waals surface area contributed by atoms with E-state index in [2.05, 4.69) is 20.8 Å². The number of likely N-dealkylation sites (tertiary alicyclic amines) is 1. The van der Waals surface area contributed by atoms with Crippen molar-refractivity contribution in [3.63, 3.8) is 0 Å². The number of nitrogens with zero attached hydrogens (tertiary/aromatic N) is 1. The van der Waals surface area contributed by atoms with Crippen molar-refractivity contribution in [3.8, 4) is 0 Å². The summed E-state index contributed by atoms with van der Waals surface area (Å²) in [5.74, 6) is 0.300. The molecule has 0 aromatic carbocycles. The van der Waals surface area contributed by atoms with Crippen LogP contribution in [0.1, 0.15) is 46.5 Å². The van der Waals surface area contributed by atoms with Crippen molar-refractivity contribution in [2.45, 2.75) is 52.0 Å². The van der Waals surface area contributed by atoms with Crippen LogP contribution >= 0.6 is 0 Å². The van der Waals surface area contributed by atoms with E-state index >= 15 is 0 Å². The van der Waals surface area contributed by atoms with E-state index in [-0.39, 0.29) is 17.4 Å². The highest BCUT2D eigenvalue weighted by molar-refractivity contribution is 5.80. The van der Waals surface area contributed by atoms with E-state index in [1.54, 1.807) is 0 Å². The van der Waals surface area contributed by atoms with E-state index in [0.717, 1.165) is 32.2 Å². The van der Waals surface area contributed by atoms with Crippen LogP contribution in [0.15, 0.2) is 0 Å². The maximum atomic E-state index is 12.2. The summed E-state index contributed by atoms with van der Waals surface area (Å²) in [6.07, 6.45) is 4.19. The zero-order valence-electron chi connectivity index (χ0n) is 10.3. The smallest absolute Gasteiger partial charge is 0.227 e. The Kier molecular flexibility index (Phi) is 4.14. The van der Waals surface area contributed by atoms with E-state index in [1.165, 1.54) is 0 Å². The molecular formula is C12H24N2O. The molecule has 3 nitrogen and oxygen atoms in total. The van der Waals surface area contributed by atoms with Crippen LogP contribution in [0.2, 0.25) is 0 Å². The SMILES string of the molecule is CCCC(CN)C(=O)N1CCCC1(C)C. The van der Waals surface area contributed by atoms with Crippen LogP contribution < -0.4 is 5.73 Å². The molecule has 0 radical (unpaired) electrons. The highest BCUT2D eigenvalue weighted by Crippen LogP contribution is 2.30. The molecule has 0 aliphatic carbocycles. The van der Waals surface area contributed by atoms with Crippen LogP contribution in [0.3, 0.4) is 0 Å². The molecule has 0 bridgehead atoms. The molecule has 1 amide bonds. The quantitative estimate of drug-likeness (QED) is 0.772. The summed E-state index contributed by atoms with van der Waals surface area (Å²) in [4.78, 5) is 14.3. The molecule has 0 spiro atoms. The Balaban J connectivity index is 2.66. The summed E-state index contributed by atoms with van der Waals surface area (Å²) >= 11 is 0. The number of hydrogen-bond acceptors (Lipinski definition) is 2. The molecule has 1 heterocycles. The molecule has 0 saturated carbocycles. The Morgan fingerprint density at radius 3 is 2.60 bits per heavy atom. The first kappa shape index (κ1) is 12.5. The zero-order valence-corrected chi connectivity index (χ0v) is 10.3. The van der Waals surface area contributed by atoms with Gasteiger partial charge in [0, 0.05) is 18.6 Å². The van der Waals surface area contributed by atoms with E-state index in [9.17, 15) is 4.79 Å². The molecule has 15 heavy (non-hydrogen) atoms. The molecular weight excluding hydrogens is 188 g/mol. The number of rotatable bonds is 4. The Bertz CT molecular complexity index is 226. The third-order valence-electron chi connectivity index (χ3n) is 3.44. The predicted molar refractivity (Wildman–Crippen MR) is 62.5 cm³/mol. The lowest BCUT2D eigenvalue weighted by Crippen LogP contribution is -2.47. The van der Waals surface area contributed by atoms with Crippen LogP contribution in [0.25, 0.3) is 0 Å². The lowest BCUT2D eigenvalue weighted by molar-refractivity contribution is -0.138. The highest BCUT2D eigenvalue weighted by Gasteiger charge is 2.37. The minimum Gasteiger partial charge on any atom is -0.337 e. The van der Waals surface area contributed by atoms with E-state index < -0.39 is 0 Å². The number of carbonyl (C=O) groups is 1. The molecule has 0 aromatic rings. The zero-order chi connectivity index (χ0) is 11.5. The molecule has 1 saturated heterocycles. The van der Waals surface area contributed by atoms with Gasteiger partial charge in [-0.2, -0.15) is 0 Å². The molecule has 1 aliphatic heterocycles. The van der Waals surface area contributed by atoms with Gasteiger partial charge in [-0.15, -0.1) is 0 Å². The summed E-state index contributed by atoms with van der Waals surface area (Å²) in [7, 11) is 0. The van der Waals surface area contributed by atoms with Crippen LogP contribution in [0.5, 0.6) is 0 Å². The van der Waals surface area contributed by atoms with Crippen LogP contribution in [-0.2, 0) is 4.79 Å². The fourth-order valence-corrected chi connectivity index (χ4v) is 2.43. The highest BCUT2D eigenvalue weighted by atomic mass is 16.2. The van der Waals surface area contributed by atoms with Crippen molar-refractivity contribution >= 4 is 5.91 Å². The van der Waals surface area contributed by atoms with Gasteiger partial charge < -0.3 is 10.6 Å². The molecule has 1 atom stereocenters. The second-order valence-electron chi connectivity index (χ2n) is 5.13. The monoisotopic (exact) mass is 212 g/mol. The van der Waals surface area contributed by atoms with Crippen molar-refractivity contribution in [1.29, 1.82) is 0 Å². The Hall–Kier alpha value is -0.570. The maximum Gasteiger partial charge on any atom is 0.227 e. The van der Waals surface area contributed by atoms with Crippen LogP contribution in [-0.4, -0.2) is 29.4 Å². The average Bonchev–Trinajstić information content (AvgIpc) is 2.53. The first-order valence-electron chi connectivity index (χ1n) is 6.04. The van der Waals surface area contributed by atoms with Gasteiger partial charge in [-0.05, 0) is 33.1 Å². The maximum absolute atomic E-state index is 12.2. The normalized spacial score (nSPS) is 21.7. The molecule has 3 heteroatoms. The van der Waals surface area contributed by atoms with Gasteiger partial charge in [0.1, 0.15) is 0 Å². The summed E-state index contributed by atoms with van der Waals surface area (Å²) in [6, 6.07) is 0. The number of amides is 1. The van der Waals surface area contributed by atoms with E-state index in [4.69, 9.17) is 5.73 Å². The Morgan fingerprint density at radius 1 is 1.53 bits per heavy atom. The first-order chi connectivity index (χ1) is 7.03. The van der Waals surface area contributed by atoms with E-state index in [0.29, 0.717) is 6.54 Å². The number of carbonyl (C=O) groups excluding carboxylic acids is 1. The second-order valence-corrected chi connectivity index (χ2v) is 5.13. The third-order valence-corrected chi connectivity index (χ3v) is 3.44. The third kappa shape index (κ3) is 2.71. The standard InChI is InChI=1S/C12H24N2O/c1-4-6-10(9-13)11(15)14-8-5-7-12(14,2)3/h10H,4-9,13H2,1-3H3. The van der Waals surface area contributed by atoms with Crippen molar-refractivity contribution in [2.24, 2.45) is 11.7 Å². The largest absolute Gasteiger partial charge is 0.337 e. The van der Waals surface area contributed by atoms with Crippen molar-refractivity contribution in [3.05, 3.63) is 0 Å². The summed E-state index contributed by atoms with van der Waals surface area (Å²) < 4.78 is 0. The molecule has 1 rings (SSSR count). The van der Waals surface area contributed by atoms with Gasteiger partial charge in [0.2, 0.25) is 5.91 Å². The minimum atomic E-state index is 0.0346. The van der Waals surface area contributed by atoms with Gasteiger partial charge in [0.05, 0.1) is 5.92 Å². The summed E-state index contributed by atoms with van der Waals surface area (Å²) in [5.41, 5.74) is 5.71. The lowest BCUT2D eigenvalue weighted by atomic mass is 9.97. The molecule has 88 valence electrons. The molecule has 1 aliphatic rings. The average molecular weight is 212 g/mol. The summed E-state index contributed by atoms with van der Waals surface area (Å²) in [6.45, 7) is 7.80. The van der Waals surface area contributed by atoms with Crippen molar-refractivity contribution < 1.29 is 4.79 Å². The van der Waals surface area contributed by atoms with Gasteiger partial charge in [-0.1, -0.05) is 13.3 Å². The molecule has 1 unspecified atom stereocenters. The van der Waals surface area contributed by atoms with Gasteiger partial charge in [-0.3, -0.25) is 4.79 Å². The van der Waals surface area contributed by atoms with Gasteiger partial charge in [0.25, 0.3) is 0 Å². The Morgan fingerprint density at radius 2 is 2.20 bits per heavy atom. The molecule has 0 aromatic heterocycles. The van der Waals surface area contributed by atoms with Crippen LogP contribution in [0.4, 0.5) is 0 Å². The fourth-order valence-electron chi connectivity index (χ4n) is 2.43. The lowest BCUT2D eigenvalue weighted by Gasteiger charge is -2.34. The van der Waals surface area contributed by atoms with Gasteiger partial charge in [0.15, 0.2) is 0 Å². The molecule has 2 N–H and O–H groups in total. The van der Waals surface area contributed by atoms with E-state index in [1.807, 2.05) is 4.90 Å².